The van der Waals surface area contributed by atoms with Crippen LogP contribution in [0.3, 0.4) is 0 Å². The third-order valence-electron chi connectivity index (χ3n) is 4.79. The van der Waals surface area contributed by atoms with Crippen molar-refractivity contribution >= 4 is 17.6 Å². The Morgan fingerprint density at radius 3 is 3.00 bits per heavy atom. The Morgan fingerprint density at radius 2 is 2.15 bits per heavy atom. The Hall–Kier alpha value is -3.16. The van der Waals surface area contributed by atoms with Crippen LogP contribution < -0.4 is 5.32 Å². The molecule has 8 heteroatoms. The maximum Gasteiger partial charge on any atom is 0.407 e. The lowest BCUT2D eigenvalue weighted by Crippen LogP contribution is -2.49. The first-order valence-electron chi connectivity index (χ1n) is 8.62. The van der Waals surface area contributed by atoms with E-state index in [4.69, 9.17) is 0 Å². The molecule has 0 bridgehead atoms. The summed E-state index contributed by atoms with van der Waals surface area (Å²) in [6, 6.07) is 5.88. The second-order valence-electron chi connectivity index (χ2n) is 6.56. The van der Waals surface area contributed by atoms with Crippen LogP contribution in [0.4, 0.5) is 10.6 Å². The Kier molecular flexibility index (Phi) is 4.16. The average Bonchev–Trinajstić information content (AvgIpc) is 3.07. The van der Waals surface area contributed by atoms with Gasteiger partial charge in [0.15, 0.2) is 0 Å². The van der Waals surface area contributed by atoms with E-state index in [1.54, 1.807) is 18.6 Å². The number of amides is 1. The second-order valence-corrected chi connectivity index (χ2v) is 6.56. The van der Waals surface area contributed by atoms with Gasteiger partial charge in [-0.1, -0.05) is 6.07 Å². The van der Waals surface area contributed by atoms with Crippen molar-refractivity contribution in [1.29, 1.82) is 0 Å². The first-order chi connectivity index (χ1) is 12.6. The number of likely N-dealkylation sites (tertiary alicyclic amines) is 1. The predicted octanol–water partition coefficient (Wildman–Crippen LogP) is 2.73. The van der Waals surface area contributed by atoms with Gasteiger partial charge in [0.1, 0.15) is 17.2 Å². The van der Waals surface area contributed by atoms with Gasteiger partial charge in [0.2, 0.25) is 0 Å². The fraction of sp³-hybridized carbons (Fsp3) is 0.333. The van der Waals surface area contributed by atoms with E-state index in [-0.39, 0.29) is 12.1 Å². The van der Waals surface area contributed by atoms with Gasteiger partial charge < -0.3 is 15.3 Å². The monoisotopic (exact) mass is 352 g/mol. The van der Waals surface area contributed by atoms with E-state index >= 15 is 0 Å². The lowest BCUT2D eigenvalue weighted by Gasteiger charge is -2.36. The van der Waals surface area contributed by atoms with Gasteiger partial charge in [-0.05, 0) is 31.9 Å². The molecule has 26 heavy (non-hydrogen) atoms. The standard InChI is InChI=1S/C18H20N6O2/c1-12-5-6-13(11-24(12)18(25)26)21-16-10-19-8-14(22-16)15-9-20-17-4-2-3-7-23(15)17/h2-4,7-10,12-13H,5-6,11H2,1H3,(H,21,22)(H,25,26)/t12-,13-/m1/s1. The molecule has 3 aromatic rings. The summed E-state index contributed by atoms with van der Waals surface area (Å²) < 4.78 is 1.96. The molecule has 4 rings (SSSR count). The van der Waals surface area contributed by atoms with Crippen LogP contribution in [0.15, 0.2) is 43.0 Å². The summed E-state index contributed by atoms with van der Waals surface area (Å²) in [6.07, 6.45) is 7.92. The molecule has 1 saturated heterocycles. The molecular weight excluding hydrogens is 332 g/mol. The minimum atomic E-state index is -0.880. The highest BCUT2D eigenvalue weighted by atomic mass is 16.4. The van der Waals surface area contributed by atoms with Crippen molar-refractivity contribution in [3.05, 3.63) is 43.0 Å². The van der Waals surface area contributed by atoms with Crippen LogP contribution in [-0.4, -0.2) is 54.1 Å². The van der Waals surface area contributed by atoms with Crippen LogP contribution in [0.5, 0.6) is 0 Å². The molecule has 8 nitrogen and oxygen atoms in total. The van der Waals surface area contributed by atoms with Gasteiger partial charge in [-0.25, -0.2) is 14.8 Å². The number of imidazole rings is 1. The van der Waals surface area contributed by atoms with Gasteiger partial charge in [0, 0.05) is 24.8 Å². The van der Waals surface area contributed by atoms with E-state index < -0.39 is 6.09 Å². The molecule has 4 heterocycles. The number of anilines is 1. The zero-order chi connectivity index (χ0) is 18.1. The number of nitrogens with zero attached hydrogens (tertiary/aromatic N) is 5. The number of hydrogen-bond acceptors (Lipinski definition) is 5. The zero-order valence-corrected chi connectivity index (χ0v) is 14.4. The number of carbonyl (C=O) groups is 1. The van der Waals surface area contributed by atoms with E-state index in [1.807, 2.05) is 35.7 Å². The van der Waals surface area contributed by atoms with Gasteiger partial charge in [0.05, 0.1) is 24.3 Å². The third-order valence-corrected chi connectivity index (χ3v) is 4.79. The summed E-state index contributed by atoms with van der Waals surface area (Å²) in [7, 11) is 0. The molecule has 2 atom stereocenters. The van der Waals surface area contributed by atoms with Crippen molar-refractivity contribution in [3.8, 4) is 11.4 Å². The van der Waals surface area contributed by atoms with Crippen LogP contribution in [0.25, 0.3) is 17.0 Å². The average molecular weight is 352 g/mol. The summed E-state index contributed by atoms with van der Waals surface area (Å²) in [5.41, 5.74) is 2.43. The number of hydrogen-bond donors (Lipinski definition) is 2. The molecule has 1 fully saturated rings. The molecule has 0 aliphatic carbocycles. The van der Waals surface area contributed by atoms with Crippen molar-refractivity contribution in [2.24, 2.45) is 0 Å². The third kappa shape index (κ3) is 3.05. The molecule has 0 radical (unpaired) electrons. The van der Waals surface area contributed by atoms with Gasteiger partial charge in [0.25, 0.3) is 0 Å². The molecular formula is C18H20N6O2. The minimum Gasteiger partial charge on any atom is -0.465 e. The molecule has 1 aliphatic heterocycles. The number of nitrogens with one attached hydrogen (secondary N) is 1. The lowest BCUT2D eigenvalue weighted by atomic mass is 10.00. The first kappa shape index (κ1) is 16.3. The molecule has 1 amide bonds. The summed E-state index contributed by atoms with van der Waals surface area (Å²) in [6.45, 7) is 2.38. The fourth-order valence-electron chi connectivity index (χ4n) is 3.38. The molecule has 0 spiro atoms. The Labute approximate surface area is 150 Å². The van der Waals surface area contributed by atoms with E-state index in [1.165, 1.54) is 4.90 Å². The SMILES string of the molecule is C[C@@H]1CC[C@@H](Nc2cncc(-c3cnc4ccccn34)n2)CN1C(=O)O. The molecule has 2 N–H and O–H groups in total. The molecule has 0 aromatic carbocycles. The van der Waals surface area contributed by atoms with Gasteiger partial charge in [-0.2, -0.15) is 0 Å². The number of pyridine rings is 1. The number of aromatic nitrogens is 4. The van der Waals surface area contributed by atoms with Gasteiger partial charge >= 0.3 is 6.09 Å². The highest BCUT2D eigenvalue weighted by Crippen LogP contribution is 2.22. The van der Waals surface area contributed by atoms with Gasteiger partial charge in [-0.3, -0.25) is 9.38 Å². The van der Waals surface area contributed by atoms with E-state index in [0.29, 0.717) is 18.1 Å². The van der Waals surface area contributed by atoms with Crippen LogP contribution in [0.2, 0.25) is 0 Å². The highest BCUT2D eigenvalue weighted by molar-refractivity contribution is 5.66. The van der Waals surface area contributed by atoms with E-state index in [9.17, 15) is 9.90 Å². The maximum atomic E-state index is 11.4. The molecule has 3 aromatic heterocycles. The number of carboxylic acid groups (broad SMARTS) is 1. The van der Waals surface area contributed by atoms with Gasteiger partial charge in [-0.15, -0.1) is 0 Å². The molecule has 0 unspecified atom stereocenters. The quantitative estimate of drug-likeness (QED) is 0.752. The van der Waals surface area contributed by atoms with Crippen molar-refractivity contribution in [3.63, 3.8) is 0 Å². The highest BCUT2D eigenvalue weighted by Gasteiger charge is 2.28. The van der Waals surface area contributed by atoms with Crippen LogP contribution in [0, 0.1) is 0 Å². The number of piperidine rings is 1. The van der Waals surface area contributed by atoms with Crippen LogP contribution in [-0.2, 0) is 0 Å². The summed E-state index contributed by atoms with van der Waals surface area (Å²) in [4.78, 5) is 26.1. The number of rotatable bonds is 3. The molecule has 0 saturated carbocycles. The topological polar surface area (TPSA) is 95.7 Å². The zero-order valence-electron chi connectivity index (χ0n) is 14.4. The van der Waals surface area contributed by atoms with E-state index in [2.05, 4.69) is 20.3 Å². The maximum absolute atomic E-state index is 11.4. The van der Waals surface area contributed by atoms with Crippen LogP contribution >= 0.6 is 0 Å². The Balaban J connectivity index is 1.56. The minimum absolute atomic E-state index is 0.0223. The summed E-state index contributed by atoms with van der Waals surface area (Å²) >= 11 is 0. The smallest absolute Gasteiger partial charge is 0.407 e. The summed E-state index contributed by atoms with van der Waals surface area (Å²) in [5, 5.41) is 12.7. The molecule has 134 valence electrons. The van der Waals surface area contributed by atoms with Crippen molar-refractivity contribution in [2.75, 3.05) is 11.9 Å². The first-order valence-corrected chi connectivity index (χ1v) is 8.62. The largest absolute Gasteiger partial charge is 0.465 e. The van der Waals surface area contributed by atoms with Crippen LogP contribution in [0.1, 0.15) is 19.8 Å². The Morgan fingerprint density at radius 1 is 1.27 bits per heavy atom. The van der Waals surface area contributed by atoms with Crippen molar-refractivity contribution in [1.82, 2.24) is 24.3 Å². The van der Waals surface area contributed by atoms with E-state index in [0.717, 1.165) is 24.2 Å². The molecule has 1 aliphatic rings. The lowest BCUT2D eigenvalue weighted by molar-refractivity contribution is 0.108. The Bertz CT molecular complexity index is 940. The number of fused-ring (bicyclic) bond motifs is 1. The second kappa shape index (κ2) is 6.62. The fourth-order valence-corrected chi connectivity index (χ4v) is 3.38. The van der Waals surface area contributed by atoms with Crippen molar-refractivity contribution in [2.45, 2.75) is 31.8 Å². The summed E-state index contributed by atoms with van der Waals surface area (Å²) in [5.74, 6) is 0.637. The predicted molar refractivity (Wildman–Crippen MR) is 97.1 cm³/mol. The normalized spacial score (nSPS) is 20.3. The van der Waals surface area contributed by atoms with Crippen molar-refractivity contribution < 1.29 is 9.90 Å².